The van der Waals surface area contributed by atoms with E-state index in [-0.39, 0.29) is 17.1 Å². The molecule has 7 nitrogen and oxygen atoms in total. The Morgan fingerprint density at radius 1 is 1.05 bits per heavy atom. The number of benzene rings is 3. The van der Waals surface area contributed by atoms with Gasteiger partial charge < -0.3 is 4.74 Å². The van der Waals surface area contributed by atoms with Crippen LogP contribution in [0, 0.1) is 0 Å². The van der Waals surface area contributed by atoms with Crippen molar-refractivity contribution in [3.05, 3.63) is 88.9 Å². The zero-order valence-electron chi connectivity index (χ0n) is 21.1. The molecule has 0 aliphatic heterocycles. The zero-order chi connectivity index (χ0) is 26.4. The monoisotopic (exact) mass is 533 g/mol. The van der Waals surface area contributed by atoms with Gasteiger partial charge in [0.2, 0.25) is 0 Å². The number of hydrogen-bond acceptors (Lipinski definition) is 6. The van der Waals surface area contributed by atoms with Gasteiger partial charge in [0.05, 0.1) is 19.1 Å². The summed E-state index contributed by atoms with van der Waals surface area (Å²) in [4.78, 5) is 12.5. The summed E-state index contributed by atoms with van der Waals surface area (Å²) in [5, 5.41) is 14.0. The van der Waals surface area contributed by atoms with Gasteiger partial charge in [-0.25, -0.2) is 5.43 Å². The van der Waals surface area contributed by atoms with Gasteiger partial charge in [0.25, 0.3) is 5.91 Å². The number of hydrogen-bond donors (Lipinski definition) is 1. The van der Waals surface area contributed by atoms with Crippen molar-refractivity contribution < 1.29 is 9.53 Å². The van der Waals surface area contributed by atoms with Gasteiger partial charge in [-0.15, -0.1) is 10.2 Å². The number of methoxy groups -OCH3 is 1. The minimum Gasteiger partial charge on any atom is -0.497 e. The highest BCUT2D eigenvalue weighted by Crippen LogP contribution is 2.30. The molecule has 4 aromatic rings. The molecule has 0 spiro atoms. The van der Waals surface area contributed by atoms with Gasteiger partial charge in [-0.05, 0) is 41.3 Å². The van der Waals surface area contributed by atoms with E-state index in [0.29, 0.717) is 16.0 Å². The summed E-state index contributed by atoms with van der Waals surface area (Å²) in [6.45, 7) is 6.54. The normalized spacial score (nSPS) is 11.6. The average molecular weight is 534 g/mol. The van der Waals surface area contributed by atoms with Crippen molar-refractivity contribution in [1.82, 2.24) is 20.2 Å². The predicted molar refractivity (Wildman–Crippen MR) is 150 cm³/mol. The molecule has 0 fully saturated rings. The highest BCUT2D eigenvalue weighted by Gasteiger charge is 2.19. The highest BCUT2D eigenvalue weighted by molar-refractivity contribution is 7.99. The second-order valence-corrected chi connectivity index (χ2v) is 10.6. The van der Waals surface area contributed by atoms with Gasteiger partial charge in [0, 0.05) is 21.8 Å². The van der Waals surface area contributed by atoms with E-state index in [2.05, 4.69) is 65.8 Å². The Balaban J connectivity index is 1.56. The standard InChI is InChI=1S/C28H28ClN5O2S/c1-28(2,3)21-11-9-19(10-12-21)26-32-33-27(34(26)22-13-15-23(36-4)16-14-22)37-18-25(35)31-30-17-20-7-5-6-8-24(20)29/h5-17H,18H2,1-4H3,(H,31,35)/b30-17+. The van der Waals surface area contributed by atoms with E-state index in [4.69, 9.17) is 16.3 Å². The van der Waals surface area contributed by atoms with E-state index < -0.39 is 0 Å². The summed E-state index contributed by atoms with van der Waals surface area (Å²) in [5.41, 5.74) is 6.33. The number of nitrogens with zero attached hydrogens (tertiary/aromatic N) is 4. The SMILES string of the molecule is COc1ccc(-n2c(SCC(=O)N/N=C/c3ccccc3Cl)nnc2-c2ccc(C(C)(C)C)cc2)cc1. The molecule has 1 aromatic heterocycles. The van der Waals surface area contributed by atoms with E-state index >= 15 is 0 Å². The molecular weight excluding hydrogens is 506 g/mol. The molecule has 0 bridgehead atoms. The minimum atomic E-state index is -0.270. The van der Waals surface area contributed by atoms with Crippen molar-refractivity contribution in [2.75, 3.05) is 12.9 Å². The second kappa shape index (κ2) is 11.6. The molecule has 1 amide bonds. The zero-order valence-corrected chi connectivity index (χ0v) is 22.7. The molecule has 0 saturated heterocycles. The van der Waals surface area contributed by atoms with E-state index in [9.17, 15) is 4.79 Å². The first kappa shape index (κ1) is 26.4. The van der Waals surface area contributed by atoms with Crippen LogP contribution >= 0.6 is 23.4 Å². The number of carbonyl (C=O) groups excluding carboxylic acids is 1. The third-order valence-corrected chi connectivity index (χ3v) is 6.88. The van der Waals surface area contributed by atoms with E-state index in [0.717, 1.165) is 22.6 Å². The first-order chi connectivity index (χ1) is 17.8. The fourth-order valence-electron chi connectivity index (χ4n) is 3.55. The van der Waals surface area contributed by atoms with E-state index in [1.807, 2.05) is 47.0 Å². The Labute approximate surface area is 225 Å². The Bertz CT molecular complexity index is 1390. The number of halogens is 1. The third-order valence-electron chi connectivity index (χ3n) is 5.60. The van der Waals surface area contributed by atoms with Gasteiger partial charge in [-0.2, -0.15) is 5.10 Å². The lowest BCUT2D eigenvalue weighted by Gasteiger charge is -2.19. The van der Waals surface area contributed by atoms with Crippen LogP contribution in [0.5, 0.6) is 5.75 Å². The smallest absolute Gasteiger partial charge is 0.250 e. The van der Waals surface area contributed by atoms with Crippen molar-refractivity contribution in [3.8, 4) is 22.8 Å². The number of nitrogens with one attached hydrogen (secondary N) is 1. The Morgan fingerprint density at radius 3 is 2.41 bits per heavy atom. The summed E-state index contributed by atoms with van der Waals surface area (Å²) in [7, 11) is 1.63. The number of ether oxygens (including phenoxy) is 1. The predicted octanol–water partition coefficient (Wildman–Crippen LogP) is 6.14. The fraction of sp³-hybridized carbons (Fsp3) is 0.214. The first-order valence-electron chi connectivity index (χ1n) is 11.7. The lowest BCUT2D eigenvalue weighted by molar-refractivity contribution is -0.118. The molecule has 37 heavy (non-hydrogen) atoms. The lowest BCUT2D eigenvalue weighted by Crippen LogP contribution is -2.20. The number of hydrazone groups is 1. The van der Waals surface area contributed by atoms with Crippen molar-refractivity contribution >= 4 is 35.5 Å². The molecule has 0 saturated carbocycles. The van der Waals surface area contributed by atoms with Crippen molar-refractivity contribution in [1.29, 1.82) is 0 Å². The number of rotatable bonds is 8. The summed E-state index contributed by atoms with van der Waals surface area (Å²) in [6.07, 6.45) is 1.52. The van der Waals surface area contributed by atoms with Gasteiger partial charge in [0.15, 0.2) is 11.0 Å². The Morgan fingerprint density at radius 2 is 1.76 bits per heavy atom. The van der Waals surface area contributed by atoms with Crippen LogP contribution in [0.3, 0.4) is 0 Å². The molecule has 1 N–H and O–H groups in total. The molecule has 0 aliphatic carbocycles. The molecule has 0 radical (unpaired) electrons. The Hall–Kier alpha value is -3.62. The van der Waals surface area contributed by atoms with Crippen LogP contribution in [0.4, 0.5) is 0 Å². The summed E-state index contributed by atoms with van der Waals surface area (Å²) >= 11 is 7.40. The van der Waals surface area contributed by atoms with Crippen LogP contribution in [0.25, 0.3) is 17.1 Å². The number of carbonyl (C=O) groups is 1. The van der Waals surface area contributed by atoms with Gasteiger partial charge in [-0.1, -0.05) is 86.6 Å². The van der Waals surface area contributed by atoms with Crippen LogP contribution in [0.1, 0.15) is 31.9 Å². The van der Waals surface area contributed by atoms with Crippen LogP contribution in [-0.4, -0.2) is 39.7 Å². The maximum atomic E-state index is 12.5. The van der Waals surface area contributed by atoms with Gasteiger partial charge in [0.1, 0.15) is 5.75 Å². The van der Waals surface area contributed by atoms with Gasteiger partial charge in [-0.3, -0.25) is 9.36 Å². The topological polar surface area (TPSA) is 81.4 Å². The molecule has 4 rings (SSSR count). The largest absolute Gasteiger partial charge is 0.497 e. The lowest BCUT2D eigenvalue weighted by atomic mass is 9.87. The maximum absolute atomic E-state index is 12.5. The van der Waals surface area contributed by atoms with Crippen LogP contribution in [-0.2, 0) is 10.2 Å². The molecule has 3 aromatic carbocycles. The first-order valence-corrected chi connectivity index (χ1v) is 13.0. The molecule has 9 heteroatoms. The molecule has 0 aliphatic rings. The second-order valence-electron chi connectivity index (χ2n) is 9.27. The molecule has 190 valence electrons. The average Bonchev–Trinajstić information content (AvgIpc) is 3.32. The molecule has 0 unspecified atom stereocenters. The highest BCUT2D eigenvalue weighted by atomic mass is 35.5. The summed E-state index contributed by atoms with van der Waals surface area (Å²) in [6, 6.07) is 23.2. The fourth-order valence-corrected chi connectivity index (χ4v) is 4.48. The summed E-state index contributed by atoms with van der Waals surface area (Å²) < 4.78 is 7.25. The molecule has 0 atom stereocenters. The minimum absolute atomic E-state index is 0.0465. The quantitative estimate of drug-likeness (QED) is 0.167. The van der Waals surface area contributed by atoms with Crippen molar-refractivity contribution in [2.24, 2.45) is 5.10 Å². The van der Waals surface area contributed by atoms with Crippen LogP contribution < -0.4 is 10.2 Å². The van der Waals surface area contributed by atoms with E-state index in [1.165, 1.54) is 23.5 Å². The number of amides is 1. The van der Waals surface area contributed by atoms with Crippen LogP contribution in [0.15, 0.2) is 83.1 Å². The molecular formula is C28H28ClN5O2S. The van der Waals surface area contributed by atoms with Crippen LogP contribution in [0.2, 0.25) is 5.02 Å². The van der Waals surface area contributed by atoms with Gasteiger partial charge >= 0.3 is 0 Å². The summed E-state index contributed by atoms with van der Waals surface area (Å²) in [5.74, 6) is 1.27. The van der Waals surface area contributed by atoms with E-state index in [1.54, 1.807) is 13.2 Å². The van der Waals surface area contributed by atoms with Crippen molar-refractivity contribution in [2.45, 2.75) is 31.3 Å². The molecule has 1 heterocycles. The maximum Gasteiger partial charge on any atom is 0.250 e. The number of thioether (sulfide) groups is 1. The van der Waals surface area contributed by atoms with Crippen molar-refractivity contribution in [3.63, 3.8) is 0 Å². The Kier molecular flexibility index (Phi) is 8.31. The number of aromatic nitrogens is 3. The third kappa shape index (κ3) is 6.58.